The third-order valence-electron chi connectivity index (χ3n) is 3.36. The minimum atomic E-state index is -0.295. The Morgan fingerprint density at radius 2 is 1.89 bits per heavy atom. The van der Waals surface area contributed by atoms with Gasteiger partial charge in [0, 0.05) is 13.1 Å². The Morgan fingerprint density at radius 3 is 2.39 bits per heavy atom. The molecule has 2 nitrogen and oxygen atoms in total. The Morgan fingerprint density at radius 1 is 1.28 bits per heavy atom. The lowest BCUT2D eigenvalue weighted by atomic mass is 9.95. The molecule has 0 aliphatic carbocycles. The normalized spacial score (nSPS) is 13.1. The zero-order valence-electron chi connectivity index (χ0n) is 12.0. The summed E-state index contributed by atoms with van der Waals surface area (Å²) in [5.74, 6) is 0.629. The Labute approximate surface area is 111 Å². The highest BCUT2D eigenvalue weighted by molar-refractivity contribution is 5.24. The van der Waals surface area contributed by atoms with Crippen molar-refractivity contribution in [3.63, 3.8) is 0 Å². The van der Waals surface area contributed by atoms with Gasteiger partial charge < -0.3 is 5.32 Å². The van der Waals surface area contributed by atoms with E-state index in [2.05, 4.69) is 49.5 Å². The van der Waals surface area contributed by atoms with E-state index >= 15 is 0 Å². The van der Waals surface area contributed by atoms with Gasteiger partial charge in [-0.05, 0) is 37.3 Å². The summed E-state index contributed by atoms with van der Waals surface area (Å²) in [6.45, 7) is 9.91. The van der Waals surface area contributed by atoms with Crippen LogP contribution in [0.5, 0.6) is 0 Å². The van der Waals surface area contributed by atoms with E-state index in [-0.39, 0.29) is 5.41 Å². The van der Waals surface area contributed by atoms with Crippen LogP contribution in [-0.4, -0.2) is 6.54 Å². The summed E-state index contributed by atoms with van der Waals surface area (Å²) in [4.78, 5) is 0. The van der Waals surface area contributed by atoms with Gasteiger partial charge in [0.25, 0.3) is 0 Å². The second-order valence-electron chi connectivity index (χ2n) is 5.65. The van der Waals surface area contributed by atoms with Crippen LogP contribution in [-0.2, 0) is 6.54 Å². The van der Waals surface area contributed by atoms with Crippen molar-refractivity contribution in [3.8, 4) is 6.07 Å². The van der Waals surface area contributed by atoms with Crippen LogP contribution in [0.25, 0.3) is 0 Å². The maximum absolute atomic E-state index is 8.93. The SMILES string of the molecule is CCC(C)c1ccc(CNCC(C)(C)C#N)cc1. The molecule has 1 N–H and O–H groups in total. The molecule has 0 aliphatic rings. The fourth-order valence-electron chi connectivity index (χ4n) is 1.76. The summed E-state index contributed by atoms with van der Waals surface area (Å²) >= 11 is 0. The molecule has 0 saturated carbocycles. The summed E-state index contributed by atoms with van der Waals surface area (Å²) in [6, 6.07) is 11.1. The molecule has 98 valence electrons. The molecule has 0 spiro atoms. The van der Waals surface area contributed by atoms with Crippen molar-refractivity contribution in [2.45, 2.75) is 46.6 Å². The molecule has 1 aromatic carbocycles. The highest BCUT2D eigenvalue weighted by atomic mass is 14.9. The van der Waals surface area contributed by atoms with E-state index < -0.39 is 0 Å². The van der Waals surface area contributed by atoms with Crippen LogP contribution in [0.3, 0.4) is 0 Å². The van der Waals surface area contributed by atoms with Crippen molar-refractivity contribution in [1.82, 2.24) is 5.32 Å². The molecule has 0 radical (unpaired) electrons. The Balaban J connectivity index is 2.48. The second-order valence-corrected chi connectivity index (χ2v) is 5.65. The number of nitrogens with zero attached hydrogens (tertiary/aromatic N) is 1. The van der Waals surface area contributed by atoms with E-state index in [0.717, 1.165) is 13.1 Å². The largest absolute Gasteiger partial charge is 0.311 e. The zero-order chi connectivity index (χ0) is 13.6. The number of nitriles is 1. The van der Waals surface area contributed by atoms with Crippen LogP contribution < -0.4 is 5.32 Å². The van der Waals surface area contributed by atoms with Crippen LogP contribution in [0, 0.1) is 16.7 Å². The summed E-state index contributed by atoms with van der Waals surface area (Å²) in [5, 5.41) is 12.3. The van der Waals surface area contributed by atoms with Crippen LogP contribution in [0.1, 0.15) is 51.2 Å². The molecule has 18 heavy (non-hydrogen) atoms. The molecule has 2 heteroatoms. The topological polar surface area (TPSA) is 35.8 Å². The first-order valence-electron chi connectivity index (χ1n) is 6.69. The van der Waals surface area contributed by atoms with Crippen LogP contribution in [0.2, 0.25) is 0 Å². The lowest BCUT2D eigenvalue weighted by molar-refractivity contribution is 0.445. The van der Waals surface area contributed by atoms with Crippen molar-refractivity contribution < 1.29 is 0 Å². The fourth-order valence-corrected chi connectivity index (χ4v) is 1.76. The Bertz CT molecular complexity index is 398. The lowest BCUT2D eigenvalue weighted by Gasteiger charge is -2.16. The molecule has 0 heterocycles. The average Bonchev–Trinajstić information content (AvgIpc) is 2.38. The van der Waals surface area contributed by atoms with Crippen LogP contribution in [0.15, 0.2) is 24.3 Å². The zero-order valence-corrected chi connectivity index (χ0v) is 12.0. The van der Waals surface area contributed by atoms with E-state index in [9.17, 15) is 0 Å². The molecular weight excluding hydrogens is 220 g/mol. The van der Waals surface area contributed by atoms with Crippen molar-refractivity contribution in [2.24, 2.45) is 5.41 Å². The summed E-state index contributed by atoms with van der Waals surface area (Å²) in [6.07, 6.45) is 1.17. The van der Waals surface area contributed by atoms with Gasteiger partial charge in [0.1, 0.15) is 0 Å². The van der Waals surface area contributed by atoms with Gasteiger partial charge in [0.15, 0.2) is 0 Å². The molecule has 0 aliphatic heterocycles. The van der Waals surface area contributed by atoms with Gasteiger partial charge in [-0.3, -0.25) is 0 Å². The third-order valence-corrected chi connectivity index (χ3v) is 3.36. The lowest BCUT2D eigenvalue weighted by Crippen LogP contribution is -2.27. The highest BCUT2D eigenvalue weighted by Crippen LogP contribution is 2.19. The molecule has 0 bridgehead atoms. The predicted molar refractivity (Wildman–Crippen MR) is 76.2 cm³/mol. The molecule has 1 aromatic rings. The van der Waals surface area contributed by atoms with Crippen molar-refractivity contribution in [3.05, 3.63) is 35.4 Å². The standard InChI is InChI=1S/C16H24N2/c1-5-13(2)15-8-6-14(7-9-15)10-18-12-16(3,4)11-17/h6-9,13,18H,5,10,12H2,1-4H3. The summed E-state index contributed by atoms with van der Waals surface area (Å²) < 4.78 is 0. The highest BCUT2D eigenvalue weighted by Gasteiger charge is 2.15. The first-order valence-corrected chi connectivity index (χ1v) is 6.69. The number of benzene rings is 1. The summed E-state index contributed by atoms with van der Waals surface area (Å²) in [5.41, 5.74) is 2.38. The van der Waals surface area contributed by atoms with Crippen molar-refractivity contribution in [2.75, 3.05) is 6.54 Å². The number of nitrogens with one attached hydrogen (secondary N) is 1. The van der Waals surface area contributed by atoms with Crippen molar-refractivity contribution >= 4 is 0 Å². The molecule has 1 rings (SSSR count). The van der Waals surface area contributed by atoms with E-state index in [1.54, 1.807) is 0 Å². The first kappa shape index (κ1) is 14.7. The third kappa shape index (κ3) is 4.50. The summed E-state index contributed by atoms with van der Waals surface area (Å²) in [7, 11) is 0. The van der Waals surface area contributed by atoms with Gasteiger partial charge in [-0.1, -0.05) is 38.1 Å². The predicted octanol–water partition coefficient (Wildman–Crippen LogP) is 3.84. The minimum Gasteiger partial charge on any atom is -0.311 e. The monoisotopic (exact) mass is 244 g/mol. The smallest absolute Gasteiger partial charge is 0.0697 e. The number of rotatable bonds is 6. The fraction of sp³-hybridized carbons (Fsp3) is 0.562. The number of hydrogen-bond donors (Lipinski definition) is 1. The van der Waals surface area contributed by atoms with Gasteiger partial charge in [-0.15, -0.1) is 0 Å². The molecule has 0 saturated heterocycles. The van der Waals surface area contributed by atoms with Gasteiger partial charge in [-0.25, -0.2) is 0 Å². The Hall–Kier alpha value is -1.33. The molecule has 1 atom stereocenters. The molecule has 0 amide bonds. The molecule has 1 unspecified atom stereocenters. The quantitative estimate of drug-likeness (QED) is 0.825. The molecule has 0 aromatic heterocycles. The molecular formula is C16H24N2. The van der Waals surface area contributed by atoms with Crippen molar-refractivity contribution in [1.29, 1.82) is 5.26 Å². The second kappa shape index (κ2) is 6.56. The first-order chi connectivity index (χ1) is 8.48. The van der Waals surface area contributed by atoms with Gasteiger partial charge in [0.2, 0.25) is 0 Å². The Kier molecular flexibility index (Phi) is 5.37. The van der Waals surface area contributed by atoms with Crippen LogP contribution >= 0.6 is 0 Å². The van der Waals surface area contributed by atoms with Gasteiger partial charge in [0.05, 0.1) is 11.5 Å². The van der Waals surface area contributed by atoms with E-state index in [0.29, 0.717) is 5.92 Å². The maximum Gasteiger partial charge on any atom is 0.0697 e. The van der Waals surface area contributed by atoms with Gasteiger partial charge >= 0.3 is 0 Å². The maximum atomic E-state index is 8.93. The van der Waals surface area contributed by atoms with E-state index in [1.165, 1.54) is 17.5 Å². The average molecular weight is 244 g/mol. The van der Waals surface area contributed by atoms with Crippen LogP contribution in [0.4, 0.5) is 0 Å². The minimum absolute atomic E-state index is 0.295. The van der Waals surface area contributed by atoms with E-state index in [1.807, 2.05) is 13.8 Å². The van der Waals surface area contributed by atoms with E-state index in [4.69, 9.17) is 5.26 Å². The molecule has 0 fully saturated rings. The number of hydrogen-bond acceptors (Lipinski definition) is 2. The van der Waals surface area contributed by atoms with Gasteiger partial charge in [-0.2, -0.15) is 5.26 Å².